The van der Waals surface area contributed by atoms with Crippen molar-refractivity contribution in [3.8, 4) is 0 Å². The molecule has 108 valence electrons. The van der Waals surface area contributed by atoms with Crippen molar-refractivity contribution in [2.75, 3.05) is 26.7 Å². The standard InChI is InChI=1S/C12H21N3O4/c1-4-14(3)9(16)8-13-11(19)15-7-5-6-12(15,2)10(17)18/h4-8H2,1-3H3,(H,13,19)(H,17,18). The van der Waals surface area contributed by atoms with Gasteiger partial charge in [0.25, 0.3) is 0 Å². The van der Waals surface area contributed by atoms with Gasteiger partial charge < -0.3 is 20.2 Å². The van der Waals surface area contributed by atoms with Crippen molar-refractivity contribution in [3.63, 3.8) is 0 Å². The van der Waals surface area contributed by atoms with Crippen LogP contribution >= 0.6 is 0 Å². The number of hydrogen-bond donors (Lipinski definition) is 2. The second kappa shape index (κ2) is 5.90. The summed E-state index contributed by atoms with van der Waals surface area (Å²) in [5.41, 5.74) is -1.18. The number of rotatable bonds is 4. The van der Waals surface area contributed by atoms with Gasteiger partial charge in [-0.15, -0.1) is 0 Å². The van der Waals surface area contributed by atoms with Gasteiger partial charge >= 0.3 is 12.0 Å². The van der Waals surface area contributed by atoms with E-state index in [0.29, 0.717) is 25.9 Å². The molecule has 3 amide bonds. The third kappa shape index (κ3) is 3.15. The van der Waals surface area contributed by atoms with E-state index in [2.05, 4.69) is 5.32 Å². The monoisotopic (exact) mass is 271 g/mol. The molecule has 1 fully saturated rings. The van der Waals surface area contributed by atoms with E-state index in [-0.39, 0.29) is 12.5 Å². The zero-order valence-electron chi connectivity index (χ0n) is 11.6. The molecule has 7 nitrogen and oxygen atoms in total. The molecule has 1 unspecified atom stereocenters. The summed E-state index contributed by atoms with van der Waals surface area (Å²) in [7, 11) is 1.64. The minimum Gasteiger partial charge on any atom is -0.480 e. The normalized spacial score (nSPS) is 22.2. The summed E-state index contributed by atoms with van der Waals surface area (Å²) in [5.74, 6) is -1.22. The number of amides is 3. The van der Waals surface area contributed by atoms with Crippen LogP contribution in [0.5, 0.6) is 0 Å². The highest BCUT2D eigenvalue weighted by atomic mass is 16.4. The second-order valence-corrected chi connectivity index (χ2v) is 4.90. The van der Waals surface area contributed by atoms with Gasteiger partial charge in [-0.25, -0.2) is 9.59 Å². The fraction of sp³-hybridized carbons (Fsp3) is 0.750. The van der Waals surface area contributed by atoms with E-state index in [0.717, 1.165) is 0 Å². The number of likely N-dealkylation sites (tertiary alicyclic amines) is 1. The van der Waals surface area contributed by atoms with Gasteiger partial charge in [0.2, 0.25) is 5.91 Å². The first-order valence-electron chi connectivity index (χ1n) is 6.35. The Morgan fingerprint density at radius 2 is 2.05 bits per heavy atom. The highest BCUT2D eigenvalue weighted by molar-refractivity contribution is 5.89. The first kappa shape index (κ1) is 15.3. The second-order valence-electron chi connectivity index (χ2n) is 4.90. The Morgan fingerprint density at radius 3 is 2.58 bits per heavy atom. The first-order valence-corrected chi connectivity index (χ1v) is 6.35. The maximum Gasteiger partial charge on any atom is 0.329 e. The Morgan fingerprint density at radius 1 is 1.42 bits per heavy atom. The van der Waals surface area contributed by atoms with Crippen LogP contribution in [0.4, 0.5) is 4.79 Å². The number of urea groups is 1. The van der Waals surface area contributed by atoms with E-state index in [9.17, 15) is 19.5 Å². The van der Waals surface area contributed by atoms with Crippen LogP contribution in [0.15, 0.2) is 0 Å². The van der Waals surface area contributed by atoms with Crippen LogP contribution in [0.25, 0.3) is 0 Å². The molecule has 0 aliphatic carbocycles. The quantitative estimate of drug-likeness (QED) is 0.759. The Hall–Kier alpha value is -1.79. The third-order valence-corrected chi connectivity index (χ3v) is 3.64. The number of carbonyl (C=O) groups is 3. The van der Waals surface area contributed by atoms with E-state index < -0.39 is 17.5 Å². The van der Waals surface area contributed by atoms with Gasteiger partial charge in [0.05, 0.1) is 6.54 Å². The number of carbonyl (C=O) groups excluding carboxylic acids is 2. The lowest BCUT2D eigenvalue weighted by Gasteiger charge is -2.31. The van der Waals surface area contributed by atoms with Gasteiger partial charge in [0.15, 0.2) is 0 Å². The molecule has 1 saturated heterocycles. The molecule has 19 heavy (non-hydrogen) atoms. The molecule has 0 aromatic rings. The van der Waals surface area contributed by atoms with Crippen molar-refractivity contribution < 1.29 is 19.5 Å². The van der Waals surface area contributed by atoms with E-state index >= 15 is 0 Å². The Labute approximate surface area is 112 Å². The average Bonchev–Trinajstić information content (AvgIpc) is 2.78. The fourth-order valence-electron chi connectivity index (χ4n) is 2.07. The molecule has 0 saturated carbocycles. The summed E-state index contributed by atoms with van der Waals surface area (Å²) in [6.45, 7) is 4.21. The lowest BCUT2D eigenvalue weighted by molar-refractivity contribution is -0.147. The Balaban J connectivity index is 2.59. The van der Waals surface area contributed by atoms with E-state index in [1.165, 1.54) is 16.7 Å². The molecule has 1 atom stereocenters. The van der Waals surface area contributed by atoms with Crippen molar-refractivity contribution >= 4 is 17.9 Å². The van der Waals surface area contributed by atoms with E-state index in [1.807, 2.05) is 6.92 Å². The van der Waals surface area contributed by atoms with Crippen LogP contribution in [-0.4, -0.2) is 65.0 Å². The number of nitrogens with zero attached hydrogens (tertiary/aromatic N) is 2. The summed E-state index contributed by atoms with van der Waals surface area (Å²) >= 11 is 0. The van der Waals surface area contributed by atoms with Crippen LogP contribution < -0.4 is 5.32 Å². The molecule has 0 radical (unpaired) electrons. The molecule has 2 N–H and O–H groups in total. The van der Waals surface area contributed by atoms with Crippen LogP contribution in [0.1, 0.15) is 26.7 Å². The van der Waals surface area contributed by atoms with Gasteiger partial charge in [0, 0.05) is 20.1 Å². The van der Waals surface area contributed by atoms with Crippen LogP contribution in [0, 0.1) is 0 Å². The summed E-state index contributed by atoms with van der Waals surface area (Å²) in [6, 6.07) is -0.500. The lowest BCUT2D eigenvalue weighted by Crippen LogP contribution is -2.55. The Bertz CT molecular complexity index is 385. The molecule has 1 heterocycles. The molecular weight excluding hydrogens is 250 g/mol. The maximum absolute atomic E-state index is 12.0. The highest BCUT2D eigenvalue weighted by Gasteiger charge is 2.45. The predicted octanol–water partition coefficient (Wildman–Crippen LogP) is 0.113. The molecule has 1 aliphatic heterocycles. The molecule has 0 bridgehead atoms. The minimum atomic E-state index is -1.18. The molecule has 0 spiro atoms. The van der Waals surface area contributed by atoms with Crippen LogP contribution in [-0.2, 0) is 9.59 Å². The number of likely N-dealkylation sites (N-methyl/N-ethyl adjacent to an activating group) is 1. The van der Waals surface area contributed by atoms with Crippen LogP contribution in [0.3, 0.4) is 0 Å². The number of carboxylic acids is 1. The SMILES string of the molecule is CCN(C)C(=O)CNC(=O)N1CCCC1(C)C(=O)O. The van der Waals surface area contributed by atoms with Gasteiger partial charge in [0.1, 0.15) is 5.54 Å². The highest BCUT2D eigenvalue weighted by Crippen LogP contribution is 2.28. The molecule has 0 aromatic heterocycles. The van der Waals surface area contributed by atoms with Crippen molar-refractivity contribution in [1.82, 2.24) is 15.1 Å². The third-order valence-electron chi connectivity index (χ3n) is 3.64. The molecule has 7 heteroatoms. The van der Waals surface area contributed by atoms with E-state index in [4.69, 9.17) is 0 Å². The van der Waals surface area contributed by atoms with Gasteiger partial charge in [-0.1, -0.05) is 0 Å². The smallest absolute Gasteiger partial charge is 0.329 e. The predicted molar refractivity (Wildman–Crippen MR) is 68.7 cm³/mol. The summed E-state index contributed by atoms with van der Waals surface area (Å²) in [4.78, 5) is 37.5. The first-order chi connectivity index (χ1) is 8.82. The number of nitrogens with one attached hydrogen (secondary N) is 1. The van der Waals surface area contributed by atoms with Crippen molar-refractivity contribution in [3.05, 3.63) is 0 Å². The molecule has 1 rings (SSSR count). The Kier molecular flexibility index (Phi) is 4.74. The summed E-state index contributed by atoms with van der Waals surface area (Å²) in [6.07, 6.45) is 1.08. The molecule has 0 aromatic carbocycles. The lowest BCUT2D eigenvalue weighted by atomic mass is 10.00. The summed E-state index contributed by atoms with van der Waals surface area (Å²) < 4.78 is 0. The maximum atomic E-state index is 12.0. The fourth-order valence-corrected chi connectivity index (χ4v) is 2.07. The van der Waals surface area contributed by atoms with E-state index in [1.54, 1.807) is 7.05 Å². The van der Waals surface area contributed by atoms with Gasteiger partial charge in [-0.2, -0.15) is 0 Å². The van der Waals surface area contributed by atoms with Gasteiger partial charge in [-0.05, 0) is 26.7 Å². The van der Waals surface area contributed by atoms with Crippen LogP contribution in [0.2, 0.25) is 0 Å². The zero-order chi connectivity index (χ0) is 14.6. The minimum absolute atomic E-state index is 0.116. The van der Waals surface area contributed by atoms with Crippen molar-refractivity contribution in [2.24, 2.45) is 0 Å². The molecular formula is C12H21N3O4. The average molecular weight is 271 g/mol. The van der Waals surface area contributed by atoms with Crippen molar-refractivity contribution in [1.29, 1.82) is 0 Å². The largest absolute Gasteiger partial charge is 0.480 e. The zero-order valence-corrected chi connectivity index (χ0v) is 11.6. The van der Waals surface area contributed by atoms with Gasteiger partial charge in [-0.3, -0.25) is 4.79 Å². The summed E-state index contributed by atoms with van der Waals surface area (Å²) in [5, 5.41) is 11.7. The number of hydrogen-bond acceptors (Lipinski definition) is 3. The van der Waals surface area contributed by atoms with Crippen molar-refractivity contribution in [2.45, 2.75) is 32.2 Å². The number of aliphatic carboxylic acids is 1. The number of carboxylic acid groups (broad SMARTS) is 1. The topological polar surface area (TPSA) is 90.0 Å². The molecule has 1 aliphatic rings.